The molecule has 0 atom stereocenters. The quantitative estimate of drug-likeness (QED) is 0.715. The van der Waals surface area contributed by atoms with E-state index >= 15 is 0 Å². The Morgan fingerprint density at radius 1 is 1.36 bits per heavy atom. The second-order valence-electron chi connectivity index (χ2n) is 4.78. The zero-order chi connectivity index (χ0) is 15.4. The predicted molar refractivity (Wildman–Crippen MR) is 92.6 cm³/mol. The van der Waals surface area contributed by atoms with Gasteiger partial charge in [-0.15, -0.1) is 23.1 Å². The van der Waals surface area contributed by atoms with Crippen LogP contribution in [0.25, 0.3) is 10.9 Å². The van der Waals surface area contributed by atoms with Crippen LogP contribution in [0.3, 0.4) is 0 Å². The number of aromatic nitrogens is 2. The van der Waals surface area contributed by atoms with Crippen LogP contribution in [0, 0.1) is 6.92 Å². The molecule has 3 rings (SSSR count). The Balaban J connectivity index is 1.58. The van der Waals surface area contributed by atoms with Gasteiger partial charge in [-0.3, -0.25) is 4.79 Å². The van der Waals surface area contributed by atoms with E-state index in [0.717, 1.165) is 10.5 Å². The number of nitrogens with one attached hydrogen (secondary N) is 1. The number of thioether (sulfide) groups is 1. The van der Waals surface area contributed by atoms with Crippen LogP contribution in [-0.4, -0.2) is 21.6 Å². The first-order valence-electron chi connectivity index (χ1n) is 6.91. The summed E-state index contributed by atoms with van der Waals surface area (Å²) in [7, 11) is 0. The highest BCUT2D eigenvalue weighted by Crippen LogP contribution is 2.24. The molecule has 0 unspecified atom stereocenters. The SMILES string of the molecule is Cc1cc(SCCC(=O)Nc2nccs2)nc2ccccc12. The van der Waals surface area contributed by atoms with Crippen LogP contribution in [-0.2, 0) is 4.79 Å². The van der Waals surface area contributed by atoms with Crippen molar-refractivity contribution in [3.63, 3.8) is 0 Å². The first kappa shape index (κ1) is 15.0. The Bertz CT molecular complexity index is 787. The minimum Gasteiger partial charge on any atom is -0.302 e. The summed E-state index contributed by atoms with van der Waals surface area (Å²) in [5, 5.41) is 7.40. The van der Waals surface area contributed by atoms with Crippen LogP contribution < -0.4 is 5.32 Å². The number of thiazole rings is 1. The van der Waals surface area contributed by atoms with Crippen molar-refractivity contribution in [1.29, 1.82) is 0 Å². The summed E-state index contributed by atoms with van der Waals surface area (Å²) in [4.78, 5) is 20.5. The number of aryl methyl sites for hydroxylation is 1. The van der Waals surface area contributed by atoms with Crippen molar-refractivity contribution in [1.82, 2.24) is 9.97 Å². The molecule has 0 saturated heterocycles. The fourth-order valence-corrected chi connectivity index (χ4v) is 3.57. The van der Waals surface area contributed by atoms with Gasteiger partial charge in [0, 0.05) is 29.1 Å². The molecule has 22 heavy (non-hydrogen) atoms. The molecule has 0 aliphatic rings. The van der Waals surface area contributed by atoms with Gasteiger partial charge in [0.15, 0.2) is 5.13 Å². The van der Waals surface area contributed by atoms with Gasteiger partial charge in [-0.05, 0) is 24.6 Å². The van der Waals surface area contributed by atoms with E-state index in [2.05, 4.69) is 34.3 Å². The Labute approximate surface area is 137 Å². The normalized spacial score (nSPS) is 10.8. The number of nitrogens with zero attached hydrogens (tertiary/aromatic N) is 2. The number of para-hydroxylation sites is 1. The van der Waals surface area contributed by atoms with E-state index in [1.807, 2.05) is 23.6 Å². The van der Waals surface area contributed by atoms with Crippen molar-refractivity contribution in [3.8, 4) is 0 Å². The molecule has 0 aliphatic carbocycles. The van der Waals surface area contributed by atoms with E-state index in [-0.39, 0.29) is 5.91 Å². The predicted octanol–water partition coefficient (Wildman–Crippen LogP) is 4.12. The molecule has 112 valence electrons. The van der Waals surface area contributed by atoms with Gasteiger partial charge in [0.25, 0.3) is 0 Å². The van der Waals surface area contributed by atoms with Gasteiger partial charge in [-0.1, -0.05) is 18.2 Å². The fraction of sp³-hybridized carbons (Fsp3) is 0.188. The summed E-state index contributed by atoms with van der Waals surface area (Å²) >= 11 is 3.02. The lowest BCUT2D eigenvalue weighted by Crippen LogP contribution is -2.11. The van der Waals surface area contributed by atoms with E-state index in [9.17, 15) is 4.79 Å². The van der Waals surface area contributed by atoms with Crippen molar-refractivity contribution in [2.45, 2.75) is 18.4 Å². The fourth-order valence-electron chi connectivity index (χ4n) is 2.11. The number of carbonyl (C=O) groups excluding carboxylic acids is 1. The lowest BCUT2D eigenvalue weighted by atomic mass is 10.1. The second kappa shape index (κ2) is 6.89. The summed E-state index contributed by atoms with van der Waals surface area (Å²) in [6.07, 6.45) is 2.12. The summed E-state index contributed by atoms with van der Waals surface area (Å²) < 4.78 is 0. The van der Waals surface area contributed by atoms with Crippen LogP contribution in [0.5, 0.6) is 0 Å². The topological polar surface area (TPSA) is 54.9 Å². The van der Waals surface area contributed by atoms with Crippen molar-refractivity contribution < 1.29 is 4.79 Å². The van der Waals surface area contributed by atoms with Gasteiger partial charge >= 0.3 is 0 Å². The molecular formula is C16H15N3OS2. The molecule has 0 bridgehead atoms. The van der Waals surface area contributed by atoms with Crippen LogP contribution in [0.4, 0.5) is 5.13 Å². The maximum atomic E-state index is 11.8. The van der Waals surface area contributed by atoms with Gasteiger partial charge in [0.1, 0.15) is 0 Å². The van der Waals surface area contributed by atoms with Gasteiger partial charge in [-0.25, -0.2) is 9.97 Å². The highest BCUT2D eigenvalue weighted by atomic mass is 32.2. The molecule has 1 aromatic carbocycles. The van der Waals surface area contributed by atoms with Crippen molar-refractivity contribution in [2.75, 3.05) is 11.1 Å². The molecule has 0 fully saturated rings. The highest BCUT2D eigenvalue weighted by molar-refractivity contribution is 7.99. The lowest BCUT2D eigenvalue weighted by molar-refractivity contribution is -0.115. The number of amides is 1. The summed E-state index contributed by atoms with van der Waals surface area (Å²) in [6.45, 7) is 2.09. The van der Waals surface area contributed by atoms with Crippen molar-refractivity contribution >= 4 is 45.0 Å². The molecule has 1 N–H and O–H groups in total. The number of rotatable bonds is 5. The Morgan fingerprint density at radius 2 is 2.23 bits per heavy atom. The average Bonchev–Trinajstić information content (AvgIpc) is 3.00. The highest BCUT2D eigenvalue weighted by Gasteiger charge is 2.06. The Kier molecular flexibility index (Phi) is 4.70. The van der Waals surface area contributed by atoms with E-state index in [0.29, 0.717) is 17.3 Å². The minimum atomic E-state index is -0.0139. The van der Waals surface area contributed by atoms with Gasteiger partial charge in [-0.2, -0.15) is 0 Å². The Morgan fingerprint density at radius 3 is 3.05 bits per heavy atom. The number of hydrogen-bond donors (Lipinski definition) is 1. The van der Waals surface area contributed by atoms with Crippen LogP contribution in [0.1, 0.15) is 12.0 Å². The summed E-state index contributed by atoms with van der Waals surface area (Å²) in [5.74, 6) is 0.682. The average molecular weight is 329 g/mol. The van der Waals surface area contributed by atoms with Crippen molar-refractivity contribution in [3.05, 3.63) is 47.5 Å². The van der Waals surface area contributed by atoms with Gasteiger partial charge in [0.05, 0.1) is 10.5 Å². The molecular weight excluding hydrogens is 314 g/mol. The van der Waals surface area contributed by atoms with Gasteiger partial charge in [0.2, 0.25) is 5.91 Å². The number of pyridine rings is 1. The number of fused-ring (bicyclic) bond motifs is 1. The molecule has 0 aliphatic heterocycles. The molecule has 1 amide bonds. The van der Waals surface area contributed by atoms with E-state index < -0.39 is 0 Å². The van der Waals surface area contributed by atoms with Gasteiger partial charge < -0.3 is 5.32 Å². The molecule has 4 nitrogen and oxygen atoms in total. The maximum Gasteiger partial charge on any atom is 0.226 e. The van der Waals surface area contributed by atoms with E-state index in [1.165, 1.54) is 22.3 Å². The molecule has 3 aromatic rings. The second-order valence-corrected chi connectivity index (χ2v) is 6.79. The molecule has 6 heteroatoms. The molecule has 0 spiro atoms. The number of hydrogen-bond acceptors (Lipinski definition) is 5. The lowest BCUT2D eigenvalue weighted by Gasteiger charge is -2.06. The standard InChI is InChI=1S/C16H15N3OS2/c1-11-10-15(18-13-5-3-2-4-12(11)13)21-8-6-14(20)19-16-17-7-9-22-16/h2-5,7,9-10H,6,8H2,1H3,(H,17,19,20). The first-order chi connectivity index (χ1) is 10.7. The largest absolute Gasteiger partial charge is 0.302 e. The zero-order valence-electron chi connectivity index (χ0n) is 12.1. The van der Waals surface area contributed by atoms with Crippen LogP contribution in [0.2, 0.25) is 0 Å². The van der Waals surface area contributed by atoms with E-state index in [1.54, 1.807) is 18.0 Å². The smallest absolute Gasteiger partial charge is 0.226 e. The third-order valence-electron chi connectivity index (χ3n) is 3.16. The molecule has 2 heterocycles. The molecule has 2 aromatic heterocycles. The van der Waals surface area contributed by atoms with Crippen LogP contribution >= 0.6 is 23.1 Å². The number of benzene rings is 1. The minimum absolute atomic E-state index is 0.0139. The van der Waals surface area contributed by atoms with E-state index in [4.69, 9.17) is 0 Å². The third-order valence-corrected chi connectivity index (χ3v) is 4.76. The summed E-state index contributed by atoms with van der Waals surface area (Å²) in [6, 6.07) is 10.2. The number of carbonyl (C=O) groups is 1. The van der Waals surface area contributed by atoms with Crippen molar-refractivity contribution in [2.24, 2.45) is 0 Å². The zero-order valence-corrected chi connectivity index (χ0v) is 13.7. The van der Waals surface area contributed by atoms with Crippen LogP contribution in [0.15, 0.2) is 46.9 Å². The summed E-state index contributed by atoms with van der Waals surface area (Å²) in [5.41, 5.74) is 2.21. The maximum absolute atomic E-state index is 11.8. The Hall–Kier alpha value is -1.92. The number of anilines is 1. The first-order valence-corrected chi connectivity index (χ1v) is 8.77. The monoisotopic (exact) mass is 329 g/mol. The third kappa shape index (κ3) is 3.64. The molecule has 0 radical (unpaired) electrons. The molecule has 0 saturated carbocycles.